The van der Waals surface area contributed by atoms with Gasteiger partial charge in [-0.05, 0) is 6.42 Å². The number of β-lactam (4-membered cyclic amide) rings is 1. The Labute approximate surface area is 149 Å². The van der Waals surface area contributed by atoms with Crippen molar-refractivity contribution in [3.63, 3.8) is 0 Å². The predicted molar refractivity (Wildman–Crippen MR) is 90.4 cm³/mol. The van der Waals surface area contributed by atoms with Gasteiger partial charge in [0.2, 0.25) is 5.91 Å². The molecule has 0 bridgehead atoms. The third-order valence-electron chi connectivity index (χ3n) is 3.72. The standard InChI is InChI=1S/C16H20N2O6S/c1-3-4-5-6-11(20)17-12-14(21)18-13(16(22)23)10(7-24-9(2)19)8-25-15(12)18/h4-5,12,15H,3,6-8H2,1-2H3,(H,17,20)(H,22,23)/t12-,15-/m1/s1. The van der Waals surface area contributed by atoms with Gasteiger partial charge in [-0.2, -0.15) is 0 Å². The molecule has 0 aromatic rings. The molecular formula is C16H20N2O6S. The largest absolute Gasteiger partial charge is 0.477 e. The van der Waals surface area contributed by atoms with E-state index in [1.54, 1.807) is 6.08 Å². The zero-order valence-corrected chi connectivity index (χ0v) is 14.8. The molecule has 0 radical (unpaired) electrons. The average molecular weight is 368 g/mol. The summed E-state index contributed by atoms with van der Waals surface area (Å²) in [6.07, 6.45) is 4.58. The molecule has 0 aromatic carbocycles. The van der Waals surface area contributed by atoms with Crippen LogP contribution in [-0.2, 0) is 23.9 Å². The van der Waals surface area contributed by atoms with Crippen molar-refractivity contribution in [1.82, 2.24) is 10.2 Å². The van der Waals surface area contributed by atoms with Crippen molar-refractivity contribution >= 4 is 35.5 Å². The molecule has 0 saturated carbocycles. The van der Waals surface area contributed by atoms with Gasteiger partial charge < -0.3 is 15.2 Å². The molecule has 2 N–H and O–H groups in total. The molecule has 2 aliphatic heterocycles. The number of fused-ring (bicyclic) bond motifs is 1. The molecule has 136 valence electrons. The zero-order chi connectivity index (χ0) is 18.6. The first-order chi connectivity index (χ1) is 11.9. The van der Waals surface area contributed by atoms with Crippen molar-refractivity contribution in [2.45, 2.75) is 38.1 Å². The van der Waals surface area contributed by atoms with Crippen LogP contribution >= 0.6 is 11.8 Å². The van der Waals surface area contributed by atoms with E-state index in [1.807, 2.05) is 13.0 Å². The minimum absolute atomic E-state index is 0.161. The van der Waals surface area contributed by atoms with Crippen LogP contribution in [0.15, 0.2) is 23.4 Å². The van der Waals surface area contributed by atoms with E-state index < -0.39 is 29.3 Å². The lowest BCUT2D eigenvalue weighted by atomic mass is 10.0. The third kappa shape index (κ3) is 4.22. The van der Waals surface area contributed by atoms with Crippen LogP contribution in [-0.4, -0.2) is 57.5 Å². The quantitative estimate of drug-likeness (QED) is 0.385. The van der Waals surface area contributed by atoms with Crippen molar-refractivity contribution in [3.05, 3.63) is 23.4 Å². The monoisotopic (exact) mass is 368 g/mol. The van der Waals surface area contributed by atoms with Crippen LogP contribution < -0.4 is 5.32 Å². The van der Waals surface area contributed by atoms with Crippen molar-refractivity contribution in [2.24, 2.45) is 0 Å². The Morgan fingerprint density at radius 2 is 2.12 bits per heavy atom. The summed E-state index contributed by atoms with van der Waals surface area (Å²) in [5.41, 5.74) is 0.208. The Hall–Kier alpha value is -2.29. The first kappa shape index (κ1) is 19.0. The summed E-state index contributed by atoms with van der Waals surface area (Å²) in [5.74, 6) is -2.22. The second kappa shape index (κ2) is 8.19. The first-order valence-corrected chi connectivity index (χ1v) is 8.89. The number of nitrogens with zero attached hydrogens (tertiary/aromatic N) is 1. The number of rotatable bonds is 7. The van der Waals surface area contributed by atoms with Gasteiger partial charge in [-0.25, -0.2) is 4.79 Å². The van der Waals surface area contributed by atoms with Gasteiger partial charge in [0.05, 0.1) is 0 Å². The van der Waals surface area contributed by atoms with Crippen LogP contribution in [0.4, 0.5) is 0 Å². The fraction of sp³-hybridized carbons (Fsp3) is 0.500. The van der Waals surface area contributed by atoms with Crippen LogP contribution in [0, 0.1) is 0 Å². The number of nitrogens with one attached hydrogen (secondary N) is 1. The molecule has 9 heteroatoms. The number of amides is 2. The van der Waals surface area contributed by atoms with E-state index in [9.17, 15) is 24.3 Å². The summed E-state index contributed by atoms with van der Waals surface area (Å²) in [7, 11) is 0. The highest BCUT2D eigenvalue weighted by molar-refractivity contribution is 8.00. The molecular weight excluding hydrogens is 348 g/mol. The second-order valence-electron chi connectivity index (χ2n) is 5.58. The van der Waals surface area contributed by atoms with Crippen molar-refractivity contribution < 1.29 is 29.0 Å². The molecule has 1 fully saturated rings. The highest BCUT2D eigenvalue weighted by Crippen LogP contribution is 2.40. The number of thioether (sulfide) groups is 1. The molecule has 1 saturated heterocycles. The normalized spacial score (nSPS) is 22.5. The highest BCUT2D eigenvalue weighted by atomic mass is 32.2. The van der Waals surface area contributed by atoms with Crippen molar-refractivity contribution in [3.8, 4) is 0 Å². The van der Waals surface area contributed by atoms with Gasteiger partial charge in [0.15, 0.2) is 0 Å². The number of esters is 1. The van der Waals surface area contributed by atoms with E-state index in [-0.39, 0.29) is 24.6 Å². The Balaban J connectivity index is 2.08. The Kier molecular flexibility index (Phi) is 6.24. The minimum Gasteiger partial charge on any atom is -0.477 e. The van der Waals surface area contributed by atoms with Crippen LogP contribution in [0.5, 0.6) is 0 Å². The molecule has 2 rings (SSSR count). The molecule has 8 nitrogen and oxygen atoms in total. The molecule has 0 aromatic heterocycles. The smallest absolute Gasteiger partial charge is 0.352 e. The lowest BCUT2D eigenvalue weighted by molar-refractivity contribution is -0.151. The van der Waals surface area contributed by atoms with Crippen LogP contribution in [0.25, 0.3) is 0 Å². The Bertz CT molecular complexity index is 657. The molecule has 0 unspecified atom stereocenters. The first-order valence-electron chi connectivity index (χ1n) is 7.84. The number of hydrogen-bond acceptors (Lipinski definition) is 6. The zero-order valence-electron chi connectivity index (χ0n) is 14.0. The van der Waals surface area contributed by atoms with Gasteiger partial charge >= 0.3 is 11.9 Å². The molecule has 25 heavy (non-hydrogen) atoms. The van der Waals surface area contributed by atoms with Crippen LogP contribution in [0.2, 0.25) is 0 Å². The summed E-state index contributed by atoms with van der Waals surface area (Å²) in [6.45, 7) is 3.01. The van der Waals surface area contributed by atoms with E-state index in [0.717, 1.165) is 11.3 Å². The molecule has 2 atom stereocenters. The lowest BCUT2D eigenvalue weighted by Gasteiger charge is -2.49. The maximum Gasteiger partial charge on any atom is 0.352 e. The van der Waals surface area contributed by atoms with Crippen LogP contribution in [0.1, 0.15) is 26.7 Å². The Morgan fingerprint density at radius 1 is 1.40 bits per heavy atom. The third-order valence-corrected chi connectivity index (χ3v) is 5.06. The summed E-state index contributed by atoms with van der Waals surface area (Å²) in [5, 5.41) is 11.6. The van der Waals surface area contributed by atoms with Crippen molar-refractivity contribution in [2.75, 3.05) is 12.4 Å². The number of hydrogen-bond donors (Lipinski definition) is 2. The maximum absolute atomic E-state index is 12.3. The lowest BCUT2D eigenvalue weighted by Crippen LogP contribution is -2.70. The number of allylic oxidation sites excluding steroid dienone is 1. The number of carboxylic acid groups (broad SMARTS) is 1. The van der Waals surface area contributed by atoms with Crippen LogP contribution in [0.3, 0.4) is 0 Å². The summed E-state index contributed by atoms with van der Waals surface area (Å²) in [6, 6.07) is -0.739. The number of carbonyl (C=O) groups is 4. The molecule has 2 aliphatic rings. The van der Waals surface area contributed by atoms with E-state index in [4.69, 9.17) is 4.74 Å². The fourth-order valence-corrected chi connectivity index (χ4v) is 3.90. The number of carboxylic acids is 1. The summed E-state index contributed by atoms with van der Waals surface area (Å²) >= 11 is 1.34. The van der Waals surface area contributed by atoms with E-state index >= 15 is 0 Å². The molecule has 2 heterocycles. The summed E-state index contributed by atoms with van der Waals surface area (Å²) in [4.78, 5) is 47.8. The predicted octanol–water partition coefficient (Wildman–Crippen LogP) is 0.644. The van der Waals surface area contributed by atoms with Gasteiger partial charge in [0.25, 0.3) is 5.91 Å². The number of carbonyl (C=O) groups excluding carboxylic acids is 3. The van der Waals surface area contributed by atoms with E-state index in [2.05, 4.69) is 5.32 Å². The number of ether oxygens (including phenoxy) is 1. The van der Waals surface area contributed by atoms with Gasteiger partial charge in [0, 0.05) is 24.7 Å². The molecule has 0 spiro atoms. The average Bonchev–Trinajstić information content (AvgIpc) is 2.56. The Morgan fingerprint density at radius 3 is 2.72 bits per heavy atom. The van der Waals surface area contributed by atoms with E-state index in [1.165, 1.54) is 18.7 Å². The SMILES string of the molecule is CCC=CCC(=O)N[C@@H]1C(=O)N2C(C(=O)O)=C(COC(C)=O)CS[C@H]12. The maximum atomic E-state index is 12.3. The highest BCUT2D eigenvalue weighted by Gasteiger charge is 2.54. The molecule has 2 amide bonds. The van der Waals surface area contributed by atoms with Gasteiger partial charge in [0.1, 0.15) is 23.7 Å². The summed E-state index contributed by atoms with van der Waals surface area (Å²) < 4.78 is 4.86. The van der Waals surface area contributed by atoms with Gasteiger partial charge in [-0.15, -0.1) is 11.8 Å². The fourth-order valence-electron chi connectivity index (χ4n) is 2.57. The molecule has 0 aliphatic carbocycles. The van der Waals surface area contributed by atoms with Crippen molar-refractivity contribution in [1.29, 1.82) is 0 Å². The topological polar surface area (TPSA) is 113 Å². The van der Waals surface area contributed by atoms with Gasteiger partial charge in [-0.3, -0.25) is 19.3 Å². The number of aliphatic carboxylic acids is 1. The second-order valence-corrected chi connectivity index (χ2v) is 6.68. The van der Waals surface area contributed by atoms with E-state index in [0.29, 0.717) is 11.3 Å². The minimum atomic E-state index is -1.25. The van der Waals surface area contributed by atoms with Gasteiger partial charge in [-0.1, -0.05) is 19.1 Å².